The molecule has 0 unspecified atom stereocenters. The summed E-state index contributed by atoms with van der Waals surface area (Å²) in [5, 5.41) is 6.50. The molecule has 1 N–H and O–H groups in total. The van der Waals surface area contributed by atoms with Gasteiger partial charge in [0, 0.05) is 22.7 Å². The number of aliphatic imine (C=N–C) groups is 1. The number of fused-ring (bicyclic) bond motifs is 2. The van der Waals surface area contributed by atoms with Gasteiger partial charge in [0.2, 0.25) is 0 Å². The first kappa shape index (κ1) is 26.6. The van der Waals surface area contributed by atoms with Crippen molar-refractivity contribution in [3.63, 3.8) is 0 Å². The number of benzene rings is 3. The molecule has 0 atom stereocenters. The lowest BCUT2D eigenvalue weighted by atomic mass is 9.93. The summed E-state index contributed by atoms with van der Waals surface area (Å²) in [6.45, 7) is 0.408. The molecule has 3 aromatic carbocycles. The predicted octanol–water partition coefficient (Wildman–Crippen LogP) is 8.18. The van der Waals surface area contributed by atoms with Crippen molar-refractivity contribution < 1.29 is 14.3 Å². The van der Waals surface area contributed by atoms with E-state index in [0.717, 1.165) is 53.8 Å². The standard InChI is InChI=1S/C34H36N2O3S/c1-38-29-19-10-13-24(32(29)39-22-25-14-9-12-23-11-5-6-17-27(23)25)21-35-34-31(28-18-7-8-20-30(28)40-34)33(37)36-26-15-3-2-4-16-26/h5-6,9-14,17,19,21,26H,2-4,7-8,15-16,18,20,22H2,1H3,(H,36,37). The molecule has 4 aromatic rings. The van der Waals surface area contributed by atoms with Crippen molar-refractivity contribution in [2.45, 2.75) is 70.4 Å². The Hall–Kier alpha value is -3.64. The highest BCUT2D eigenvalue weighted by atomic mass is 32.1. The van der Waals surface area contributed by atoms with E-state index in [0.29, 0.717) is 18.1 Å². The Bertz CT molecular complexity index is 1530. The number of carbonyl (C=O) groups is 1. The fourth-order valence-corrected chi connectivity index (χ4v) is 7.26. The first-order valence-electron chi connectivity index (χ1n) is 14.5. The summed E-state index contributed by atoms with van der Waals surface area (Å²) in [6, 6.07) is 20.7. The van der Waals surface area contributed by atoms with Gasteiger partial charge in [-0.3, -0.25) is 4.79 Å². The summed E-state index contributed by atoms with van der Waals surface area (Å²) in [5.41, 5.74) is 3.92. The number of methoxy groups -OCH3 is 1. The fourth-order valence-electron chi connectivity index (χ4n) is 6.03. The molecular weight excluding hydrogens is 516 g/mol. The number of rotatable bonds is 8. The summed E-state index contributed by atoms with van der Waals surface area (Å²) >= 11 is 1.67. The molecule has 2 aliphatic rings. The lowest BCUT2D eigenvalue weighted by molar-refractivity contribution is 0.0927. The third-order valence-corrected chi connectivity index (χ3v) is 9.32. The maximum absolute atomic E-state index is 13.6. The summed E-state index contributed by atoms with van der Waals surface area (Å²) < 4.78 is 12.1. The number of nitrogens with one attached hydrogen (secondary N) is 1. The van der Waals surface area contributed by atoms with E-state index in [1.807, 2.05) is 30.5 Å². The molecule has 1 aromatic heterocycles. The Balaban J connectivity index is 1.30. The van der Waals surface area contributed by atoms with Gasteiger partial charge in [-0.15, -0.1) is 11.3 Å². The number of hydrogen-bond acceptors (Lipinski definition) is 5. The minimum Gasteiger partial charge on any atom is -0.493 e. The van der Waals surface area contributed by atoms with Crippen LogP contribution in [0.4, 0.5) is 5.00 Å². The molecule has 1 saturated carbocycles. The van der Waals surface area contributed by atoms with E-state index < -0.39 is 0 Å². The van der Waals surface area contributed by atoms with E-state index in [1.165, 1.54) is 46.9 Å². The van der Waals surface area contributed by atoms with Gasteiger partial charge < -0.3 is 14.8 Å². The second-order valence-corrected chi connectivity index (χ2v) is 11.8. The van der Waals surface area contributed by atoms with Crippen LogP contribution in [-0.2, 0) is 19.4 Å². The Morgan fingerprint density at radius 3 is 2.65 bits per heavy atom. The summed E-state index contributed by atoms with van der Waals surface area (Å²) in [5.74, 6) is 1.35. The van der Waals surface area contributed by atoms with E-state index in [-0.39, 0.29) is 11.9 Å². The molecular formula is C34H36N2O3S. The number of carbonyl (C=O) groups excluding carboxylic acids is 1. The highest BCUT2D eigenvalue weighted by Gasteiger charge is 2.27. The fraction of sp³-hybridized carbons (Fsp3) is 0.353. The van der Waals surface area contributed by atoms with Crippen LogP contribution in [0.1, 0.15) is 76.9 Å². The van der Waals surface area contributed by atoms with Crippen LogP contribution in [0.15, 0.2) is 65.7 Å². The molecule has 40 heavy (non-hydrogen) atoms. The number of amides is 1. The van der Waals surface area contributed by atoms with Crippen LogP contribution in [0.25, 0.3) is 10.8 Å². The van der Waals surface area contributed by atoms with Crippen molar-refractivity contribution in [2.24, 2.45) is 4.99 Å². The van der Waals surface area contributed by atoms with Crippen molar-refractivity contribution in [1.29, 1.82) is 0 Å². The zero-order valence-electron chi connectivity index (χ0n) is 23.1. The SMILES string of the molecule is COc1cccc(C=Nc2sc3c(c2C(=O)NC2CCCCC2)CCCC3)c1OCc1cccc2ccccc12. The zero-order valence-corrected chi connectivity index (χ0v) is 23.9. The number of hydrogen-bond donors (Lipinski definition) is 1. The van der Waals surface area contributed by atoms with Gasteiger partial charge in [0.15, 0.2) is 11.5 Å². The maximum atomic E-state index is 13.6. The van der Waals surface area contributed by atoms with Crippen molar-refractivity contribution in [3.05, 3.63) is 87.8 Å². The van der Waals surface area contributed by atoms with Crippen LogP contribution in [0.5, 0.6) is 11.5 Å². The van der Waals surface area contributed by atoms with E-state index in [9.17, 15) is 4.79 Å². The van der Waals surface area contributed by atoms with Crippen LogP contribution in [0, 0.1) is 0 Å². The van der Waals surface area contributed by atoms with E-state index in [4.69, 9.17) is 14.5 Å². The Morgan fingerprint density at radius 2 is 1.77 bits per heavy atom. The molecule has 2 aliphatic carbocycles. The van der Waals surface area contributed by atoms with Crippen LogP contribution in [0.3, 0.4) is 0 Å². The monoisotopic (exact) mass is 552 g/mol. The minimum absolute atomic E-state index is 0.0384. The molecule has 0 saturated heterocycles. The van der Waals surface area contributed by atoms with E-state index in [2.05, 4.69) is 41.7 Å². The van der Waals surface area contributed by atoms with Gasteiger partial charge in [0.1, 0.15) is 11.6 Å². The summed E-state index contributed by atoms with van der Waals surface area (Å²) in [6.07, 6.45) is 11.9. The second kappa shape index (κ2) is 12.3. The number of aryl methyl sites for hydroxylation is 1. The third kappa shape index (κ3) is 5.64. The quantitative estimate of drug-likeness (QED) is 0.224. The van der Waals surface area contributed by atoms with Crippen molar-refractivity contribution in [3.8, 4) is 11.5 Å². The Kier molecular flexibility index (Phi) is 8.14. The van der Waals surface area contributed by atoms with Crippen molar-refractivity contribution in [1.82, 2.24) is 5.32 Å². The smallest absolute Gasteiger partial charge is 0.254 e. The van der Waals surface area contributed by atoms with E-state index in [1.54, 1.807) is 18.4 Å². The largest absolute Gasteiger partial charge is 0.493 e. The van der Waals surface area contributed by atoms with Crippen LogP contribution in [0.2, 0.25) is 0 Å². The maximum Gasteiger partial charge on any atom is 0.254 e. The molecule has 1 heterocycles. The number of para-hydroxylation sites is 1. The van der Waals surface area contributed by atoms with Gasteiger partial charge in [0.25, 0.3) is 5.91 Å². The molecule has 6 heteroatoms. The van der Waals surface area contributed by atoms with Crippen LogP contribution < -0.4 is 14.8 Å². The molecule has 0 spiro atoms. The highest BCUT2D eigenvalue weighted by molar-refractivity contribution is 7.16. The van der Waals surface area contributed by atoms with Gasteiger partial charge >= 0.3 is 0 Å². The average molecular weight is 553 g/mol. The molecule has 6 rings (SSSR count). The summed E-state index contributed by atoms with van der Waals surface area (Å²) in [4.78, 5) is 19.8. The van der Waals surface area contributed by atoms with Gasteiger partial charge in [-0.25, -0.2) is 4.99 Å². The minimum atomic E-state index is 0.0384. The van der Waals surface area contributed by atoms with Crippen molar-refractivity contribution in [2.75, 3.05) is 7.11 Å². The molecule has 5 nitrogen and oxygen atoms in total. The highest BCUT2D eigenvalue weighted by Crippen LogP contribution is 2.40. The van der Waals surface area contributed by atoms with Gasteiger partial charge in [-0.1, -0.05) is 67.8 Å². The molecule has 0 aliphatic heterocycles. The third-order valence-electron chi connectivity index (χ3n) is 8.12. The van der Waals surface area contributed by atoms with E-state index >= 15 is 0 Å². The first-order valence-corrected chi connectivity index (χ1v) is 15.3. The van der Waals surface area contributed by atoms with Crippen LogP contribution in [-0.4, -0.2) is 25.3 Å². The van der Waals surface area contributed by atoms with Crippen LogP contribution >= 0.6 is 11.3 Å². The Labute approximate surface area is 240 Å². The second-order valence-electron chi connectivity index (χ2n) is 10.8. The predicted molar refractivity (Wildman–Crippen MR) is 164 cm³/mol. The summed E-state index contributed by atoms with van der Waals surface area (Å²) in [7, 11) is 1.65. The number of nitrogens with zero attached hydrogens (tertiary/aromatic N) is 1. The van der Waals surface area contributed by atoms with Gasteiger partial charge in [-0.2, -0.15) is 0 Å². The number of ether oxygens (including phenoxy) is 2. The molecule has 1 fully saturated rings. The lowest BCUT2D eigenvalue weighted by Crippen LogP contribution is -2.36. The Morgan fingerprint density at radius 1 is 0.975 bits per heavy atom. The topological polar surface area (TPSA) is 59.9 Å². The molecule has 206 valence electrons. The molecule has 1 amide bonds. The lowest BCUT2D eigenvalue weighted by Gasteiger charge is -2.23. The molecule has 0 bridgehead atoms. The zero-order chi connectivity index (χ0) is 27.3. The van der Waals surface area contributed by atoms with Gasteiger partial charge in [0.05, 0.1) is 12.7 Å². The van der Waals surface area contributed by atoms with Gasteiger partial charge in [-0.05, 0) is 72.6 Å². The van der Waals surface area contributed by atoms with Crippen molar-refractivity contribution >= 4 is 39.2 Å². The average Bonchev–Trinajstić information content (AvgIpc) is 3.38. The normalized spacial score (nSPS) is 15.7. The number of thiophene rings is 1. The first-order chi connectivity index (χ1) is 19.7. The molecule has 0 radical (unpaired) electrons.